The number of carbonyl (C=O) groups excluding carboxylic acids is 3. The molecule has 3 amide bonds. The first-order valence-corrected chi connectivity index (χ1v) is 14.6. The lowest BCUT2D eigenvalue weighted by Crippen LogP contribution is -2.54. The predicted octanol–water partition coefficient (Wildman–Crippen LogP) is 3.63. The number of rotatable bonds is 7. The van der Waals surface area contributed by atoms with Crippen LogP contribution in [-0.2, 0) is 25.5 Å². The number of unbranched alkanes of at least 4 members (excludes halogenated alkanes) is 1. The Bertz CT molecular complexity index is 1000. The lowest BCUT2D eigenvalue weighted by atomic mass is 9.94. The monoisotopic (exact) mass is 526 g/mol. The van der Waals surface area contributed by atoms with Crippen molar-refractivity contribution in [1.29, 1.82) is 0 Å². The lowest BCUT2D eigenvalue weighted by molar-refractivity contribution is -0.134. The summed E-state index contributed by atoms with van der Waals surface area (Å²) in [5.74, 6) is -0.338. The molecule has 1 aromatic rings. The summed E-state index contributed by atoms with van der Waals surface area (Å²) in [5.41, 5.74) is 3.73. The molecule has 0 spiro atoms. The van der Waals surface area contributed by atoms with Crippen molar-refractivity contribution in [1.82, 2.24) is 10.2 Å². The molecule has 208 valence electrons. The maximum absolute atomic E-state index is 12.6. The van der Waals surface area contributed by atoms with Crippen LogP contribution in [0.4, 0.5) is 16.2 Å². The van der Waals surface area contributed by atoms with Gasteiger partial charge in [-0.05, 0) is 69.1 Å². The van der Waals surface area contributed by atoms with E-state index in [-0.39, 0.29) is 36.2 Å². The van der Waals surface area contributed by atoms with Gasteiger partial charge < -0.3 is 24.2 Å². The van der Waals surface area contributed by atoms with E-state index < -0.39 is 0 Å². The minimum absolute atomic E-state index is 0.169. The maximum Gasteiger partial charge on any atom is 0.409 e. The van der Waals surface area contributed by atoms with Crippen LogP contribution in [0.1, 0.15) is 70.3 Å². The lowest BCUT2D eigenvalue weighted by Gasteiger charge is -2.41. The second-order valence-electron chi connectivity index (χ2n) is 11.0. The summed E-state index contributed by atoms with van der Waals surface area (Å²) < 4.78 is 11.8. The quantitative estimate of drug-likeness (QED) is 0.429. The van der Waals surface area contributed by atoms with Gasteiger partial charge in [0.15, 0.2) is 0 Å². The molecule has 1 aromatic carbocycles. The average molecular weight is 527 g/mol. The van der Waals surface area contributed by atoms with Crippen molar-refractivity contribution in [3.8, 4) is 0 Å². The van der Waals surface area contributed by atoms with E-state index in [1.54, 1.807) is 0 Å². The van der Waals surface area contributed by atoms with Gasteiger partial charge in [-0.1, -0.05) is 19.4 Å². The number of benzene rings is 1. The smallest absolute Gasteiger partial charge is 0.409 e. The molecule has 0 aromatic heterocycles. The molecule has 3 saturated heterocycles. The van der Waals surface area contributed by atoms with Crippen molar-refractivity contribution in [2.75, 3.05) is 49.1 Å². The van der Waals surface area contributed by atoms with Gasteiger partial charge >= 0.3 is 6.09 Å². The van der Waals surface area contributed by atoms with E-state index in [1.165, 1.54) is 11.3 Å². The van der Waals surface area contributed by atoms with Gasteiger partial charge in [-0.2, -0.15) is 0 Å². The minimum Gasteiger partial charge on any atom is -0.449 e. The molecule has 0 aliphatic carbocycles. The first kappa shape index (κ1) is 26.8. The van der Waals surface area contributed by atoms with Gasteiger partial charge in [0.05, 0.1) is 18.8 Å². The van der Waals surface area contributed by atoms with Gasteiger partial charge in [0.2, 0.25) is 11.8 Å². The summed E-state index contributed by atoms with van der Waals surface area (Å²) in [6, 6.07) is 6.17. The molecular formula is C29H42N4O5. The summed E-state index contributed by atoms with van der Waals surface area (Å²) in [6.45, 7) is 6.73. The van der Waals surface area contributed by atoms with Crippen molar-refractivity contribution in [3.63, 3.8) is 0 Å². The molecule has 4 aliphatic heterocycles. The first-order valence-electron chi connectivity index (χ1n) is 14.6. The first-order chi connectivity index (χ1) is 18.5. The number of imide groups is 1. The standard InChI is InChI=1S/C29H42N4O5/c1-2-3-20-37-29(36)32-18-13-22(14-19-32)38-21-11-16-31(17-12-21)24-7-4-8-25-23(24)6-5-15-33(25)26-9-10-27(34)30-28(26)35/h4,7-8,21-22,26H,2-3,5-6,9-20H2,1H3,(H,30,34,35)/t26-/m1/s1. The zero-order valence-electron chi connectivity index (χ0n) is 22.7. The molecule has 9 heteroatoms. The fourth-order valence-electron chi connectivity index (χ4n) is 6.31. The number of hydrogen-bond acceptors (Lipinski definition) is 7. The number of anilines is 2. The Morgan fingerprint density at radius 3 is 2.37 bits per heavy atom. The molecule has 3 fully saturated rings. The normalized spacial score (nSPS) is 23.3. The Morgan fingerprint density at radius 1 is 0.947 bits per heavy atom. The molecule has 4 aliphatic rings. The third-order valence-corrected chi connectivity index (χ3v) is 8.44. The van der Waals surface area contributed by atoms with E-state index >= 15 is 0 Å². The minimum atomic E-state index is -0.272. The maximum atomic E-state index is 12.6. The Labute approximate surface area is 225 Å². The highest BCUT2D eigenvalue weighted by molar-refractivity contribution is 6.02. The molecule has 4 heterocycles. The van der Waals surface area contributed by atoms with Crippen LogP contribution in [0.2, 0.25) is 0 Å². The third-order valence-electron chi connectivity index (χ3n) is 8.44. The zero-order valence-corrected chi connectivity index (χ0v) is 22.7. The topological polar surface area (TPSA) is 91.4 Å². The van der Waals surface area contributed by atoms with Crippen LogP contribution in [0.5, 0.6) is 0 Å². The second kappa shape index (κ2) is 12.4. The summed E-state index contributed by atoms with van der Waals surface area (Å²) in [5, 5.41) is 2.52. The fourth-order valence-corrected chi connectivity index (χ4v) is 6.31. The van der Waals surface area contributed by atoms with E-state index in [9.17, 15) is 14.4 Å². The van der Waals surface area contributed by atoms with Crippen LogP contribution >= 0.6 is 0 Å². The molecule has 0 radical (unpaired) electrons. The Hall–Kier alpha value is -2.81. The molecule has 0 unspecified atom stereocenters. The van der Waals surface area contributed by atoms with Crippen LogP contribution in [0, 0.1) is 0 Å². The number of ether oxygens (including phenoxy) is 2. The molecule has 38 heavy (non-hydrogen) atoms. The Morgan fingerprint density at radius 2 is 1.66 bits per heavy atom. The van der Waals surface area contributed by atoms with Crippen molar-refractivity contribution < 1.29 is 23.9 Å². The van der Waals surface area contributed by atoms with E-state index in [1.807, 2.05) is 4.90 Å². The van der Waals surface area contributed by atoms with Gasteiger partial charge in [0.1, 0.15) is 6.04 Å². The SMILES string of the molecule is CCCCOC(=O)N1CCC(OC2CCN(c3cccc4c3CCCN4[C@@H]3CCC(=O)NC3=O)CC2)CC1. The number of fused-ring (bicyclic) bond motifs is 1. The summed E-state index contributed by atoms with van der Waals surface area (Å²) in [4.78, 5) is 42.9. The number of carbonyl (C=O) groups is 3. The van der Waals surface area contributed by atoms with Crippen LogP contribution in [-0.4, -0.2) is 80.4 Å². The van der Waals surface area contributed by atoms with Gasteiger partial charge in [-0.15, -0.1) is 0 Å². The number of likely N-dealkylation sites (tertiary alicyclic amines) is 1. The largest absolute Gasteiger partial charge is 0.449 e. The van der Waals surface area contributed by atoms with Crippen molar-refractivity contribution in [2.45, 2.75) is 89.4 Å². The number of piperidine rings is 3. The molecule has 5 rings (SSSR count). The second-order valence-corrected chi connectivity index (χ2v) is 11.0. The van der Waals surface area contributed by atoms with Crippen molar-refractivity contribution in [3.05, 3.63) is 23.8 Å². The average Bonchev–Trinajstić information content (AvgIpc) is 2.93. The van der Waals surface area contributed by atoms with Crippen LogP contribution in [0.15, 0.2) is 18.2 Å². The van der Waals surface area contributed by atoms with Gasteiger partial charge in [0.25, 0.3) is 0 Å². The molecule has 1 N–H and O–H groups in total. The van der Waals surface area contributed by atoms with Crippen LogP contribution in [0.3, 0.4) is 0 Å². The summed E-state index contributed by atoms with van der Waals surface area (Å²) in [6.07, 6.45) is 8.90. The number of nitrogens with zero attached hydrogens (tertiary/aromatic N) is 3. The molecule has 1 atom stereocenters. The molecular weight excluding hydrogens is 484 g/mol. The number of hydrogen-bond donors (Lipinski definition) is 1. The Kier molecular flexibility index (Phi) is 8.72. The van der Waals surface area contributed by atoms with Crippen molar-refractivity contribution >= 4 is 29.3 Å². The summed E-state index contributed by atoms with van der Waals surface area (Å²) in [7, 11) is 0. The highest BCUT2D eigenvalue weighted by Gasteiger charge is 2.35. The molecule has 0 bridgehead atoms. The van der Waals surface area contributed by atoms with Gasteiger partial charge in [0, 0.05) is 50.5 Å². The highest BCUT2D eigenvalue weighted by Crippen LogP contribution is 2.38. The van der Waals surface area contributed by atoms with Crippen LogP contribution < -0.4 is 15.1 Å². The van der Waals surface area contributed by atoms with Crippen molar-refractivity contribution in [2.24, 2.45) is 0 Å². The number of nitrogens with one attached hydrogen (secondary N) is 1. The van der Waals surface area contributed by atoms with Gasteiger partial charge in [-0.3, -0.25) is 14.9 Å². The Balaban J connectivity index is 1.13. The molecule has 9 nitrogen and oxygen atoms in total. The third kappa shape index (κ3) is 6.08. The zero-order chi connectivity index (χ0) is 26.5. The van der Waals surface area contributed by atoms with E-state index in [4.69, 9.17) is 9.47 Å². The molecule has 0 saturated carbocycles. The van der Waals surface area contributed by atoms with Gasteiger partial charge in [-0.25, -0.2) is 4.79 Å². The number of amides is 3. The predicted molar refractivity (Wildman–Crippen MR) is 145 cm³/mol. The fraction of sp³-hybridized carbons (Fsp3) is 0.690. The highest BCUT2D eigenvalue weighted by atomic mass is 16.6. The van der Waals surface area contributed by atoms with E-state index in [0.717, 1.165) is 76.7 Å². The van der Waals surface area contributed by atoms with Crippen LogP contribution in [0.25, 0.3) is 0 Å². The van der Waals surface area contributed by atoms with E-state index in [2.05, 4.69) is 40.2 Å². The van der Waals surface area contributed by atoms with E-state index in [0.29, 0.717) is 32.5 Å². The summed E-state index contributed by atoms with van der Waals surface area (Å²) >= 11 is 0.